The fraction of sp³-hybridized carbons (Fsp3) is 0.583. The lowest BCUT2D eigenvalue weighted by Gasteiger charge is -2.21. The minimum atomic E-state index is -0.879. The van der Waals surface area contributed by atoms with Gasteiger partial charge < -0.3 is 5.32 Å². The van der Waals surface area contributed by atoms with Gasteiger partial charge in [-0.25, -0.2) is 4.39 Å². The van der Waals surface area contributed by atoms with Gasteiger partial charge in [-0.05, 0) is 32.0 Å². The Balaban J connectivity index is 2.25. The third-order valence-corrected chi connectivity index (χ3v) is 5.25. The average Bonchev–Trinajstić information content (AvgIpc) is 2.44. The molecular formula is C12H17FN2OS. The Morgan fingerprint density at radius 3 is 2.88 bits per heavy atom. The van der Waals surface area contributed by atoms with Crippen molar-refractivity contribution >= 4 is 10.8 Å². The zero-order valence-electron chi connectivity index (χ0n) is 10.0. The van der Waals surface area contributed by atoms with E-state index in [2.05, 4.69) is 10.3 Å². The summed E-state index contributed by atoms with van der Waals surface area (Å²) in [5.74, 6) is -0.343. The fourth-order valence-electron chi connectivity index (χ4n) is 2.14. The Bertz CT molecular complexity index is 409. The van der Waals surface area contributed by atoms with E-state index in [9.17, 15) is 8.60 Å². The number of nitrogens with one attached hydrogen (secondary N) is 1. The lowest BCUT2D eigenvalue weighted by molar-refractivity contribution is 0.517. The summed E-state index contributed by atoms with van der Waals surface area (Å²) >= 11 is 0. The molecule has 17 heavy (non-hydrogen) atoms. The van der Waals surface area contributed by atoms with Crippen molar-refractivity contribution in [3.05, 3.63) is 29.8 Å². The molecule has 5 heteroatoms. The van der Waals surface area contributed by atoms with Crippen molar-refractivity contribution in [1.29, 1.82) is 0 Å². The maximum absolute atomic E-state index is 12.8. The summed E-state index contributed by atoms with van der Waals surface area (Å²) in [5, 5.41) is 3.54. The maximum Gasteiger partial charge on any atom is 0.141 e. The molecule has 0 spiro atoms. The predicted octanol–water partition coefficient (Wildman–Crippen LogP) is 1.78. The van der Waals surface area contributed by atoms with Crippen molar-refractivity contribution < 1.29 is 8.60 Å². The lowest BCUT2D eigenvalue weighted by Crippen LogP contribution is -2.32. The van der Waals surface area contributed by atoms with E-state index >= 15 is 0 Å². The van der Waals surface area contributed by atoms with Gasteiger partial charge in [-0.3, -0.25) is 9.19 Å². The van der Waals surface area contributed by atoms with Crippen molar-refractivity contribution in [2.24, 2.45) is 0 Å². The number of hydrogen-bond donors (Lipinski definition) is 1. The number of pyridine rings is 1. The van der Waals surface area contributed by atoms with Crippen LogP contribution < -0.4 is 5.32 Å². The second-order valence-electron chi connectivity index (χ2n) is 4.47. The quantitative estimate of drug-likeness (QED) is 0.833. The number of nitrogens with zero attached hydrogens (tertiary/aromatic N) is 1. The molecule has 0 aliphatic carbocycles. The molecule has 1 aliphatic rings. The molecule has 1 aromatic heterocycles. The van der Waals surface area contributed by atoms with Crippen LogP contribution in [0.1, 0.15) is 32.0 Å². The third-order valence-electron chi connectivity index (χ3n) is 3.22. The zero-order valence-corrected chi connectivity index (χ0v) is 10.8. The Labute approximate surface area is 103 Å². The highest BCUT2D eigenvalue weighted by molar-refractivity contribution is 7.86. The van der Waals surface area contributed by atoms with Crippen LogP contribution in [-0.4, -0.2) is 26.2 Å². The van der Waals surface area contributed by atoms with Crippen molar-refractivity contribution in [1.82, 2.24) is 10.3 Å². The summed E-state index contributed by atoms with van der Waals surface area (Å²) in [6.45, 7) is 4.79. The molecular weight excluding hydrogens is 239 g/mol. The van der Waals surface area contributed by atoms with Gasteiger partial charge in [0.15, 0.2) is 0 Å². The number of halogens is 1. The smallest absolute Gasteiger partial charge is 0.141 e. The molecule has 1 aliphatic heterocycles. The molecule has 2 rings (SSSR count). The van der Waals surface area contributed by atoms with Gasteiger partial charge in [0, 0.05) is 16.0 Å². The molecule has 0 amide bonds. The van der Waals surface area contributed by atoms with E-state index in [0.717, 1.165) is 18.7 Å². The van der Waals surface area contributed by atoms with E-state index in [0.29, 0.717) is 0 Å². The first-order chi connectivity index (χ1) is 8.09. The molecule has 1 N–H and O–H groups in total. The molecule has 1 aromatic rings. The van der Waals surface area contributed by atoms with Crippen molar-refractivity contribution in [2.75, 3.05) is 6.54 Å². The summed E-state index contributed by atoms with van der Waals surface area (Å²) in [6, 6.07) is 3.01. The first kappa shape index (κ1) is 12.6. The minimum absolute atomic E-state index is 0.00883. The number of rotatable bonds is 1. The van der Waals surface area contributed by atoms with E-state index in [-0.39, 0.29) is 22.4 Å². The molecule has 3 nitrogen and oxygen atoms in total. The number of aromatic nitrogens is 1. The predicted molar refractivity (Wildman–Crippen MR) is 66.6 cm³/mol. The molecule has 0 aromatic carbocycles. The summed E-state index contributed by atoms with van der Waals surface area (Å²) in [4.78, 5) is 4.08. The van der Waals surface area contributed by atoms with Gasteiger partial charge in [0.05, 0.1) is 23.2 Å². The molecule has 2 heterocycles. The Morgan fingerprint density at radius 2 is 2.24 bits per heavy atom. The van der Waals surface area contributed by atoms with E-state index in [4.69, 9.17) is 0 Å². The Hall–Kier alpha value is -0.810. The summed E-state index contributed by atoms with van der Waals surface area (Å²) < 4.78 is 25.0. The molecule has 0 saturated carbocycles. The second kappa shape index (κ2) is 5.23. The van der Waals surface area contributed by atoms with Gasteiger partial charge in [0.1, 0.15) is 5.82 Å². The SMILES string of the molecule is CC1CCNC(c2ccc(F)cn2)C(C)S1=O. The summed E-state index contributed by atoms with van der Waals surface area (Å²) in [6.07, 6.45) is 2.11. The second-order valence-corrected chi connectivity index (χ2v) is 6.67. The summed E-state index contributed by atoms with van der Waals surface area (Å²) in [7, 11) is -0.879. The third kappa shape index (κ3) is 2.72. The summed E-state index contributed by atoms with van der Waals surface area (Å²) in [5.41, 5.74) is 0.765. The van der Waals surface area contributed by atoms with E-state index in [1.807, 2.05) is 13.8 Å². The first-order valence-corrected chi connectivity index (χ1v) is 7.11. The Morgan fingerprint density at radius 1 is 1.47 bits per heavy atom. The van der Waals surface area contributed by atoms with Crippen LogP contribution in [0.5, 0.6) is 0 Å². The van der Waals surface area contributed by atoms with Gasteiger partial charge >= 0.3 is 0 Å². The maximum atomic E-state index is 12.8. The molecule has 1 fully saturated rings. The zero-order chi connectivity index (χ0) is 12.4. The highest BCUT2D eigenvalue weighted by atomic mass is 32.2. The molecule has 0 bridgehead atoms. The van der Waals surface area contributed by atoms with Gasteiger partial charge in [0.2, 0.25) is 0 Å². The fourth-order valence-corrected chi connectivity index (χ4v) is 3.73. The highest BCUT2D eigenvalue weighted by Crippen LogP contribution is 2.24. The topological polar surface area (TPSA) is 42.0 Å². The largest absolute Gasteiger partial charge is 0.308 e. The minimum Gasteiger partial charge on any atom is -0.308 e. The van der Waals surface area contributed by atoms with Crippen LogP contribution in [0.4, 0.5) is 4.39 Å². The van der Waals surface area contributed by atoms with Crippen molar-refractivity contribution in [2.45, 2.75) is 36.8 Å². The molecule has 94 valence electrons. The van der Waals surface area contributed by atoms with E-state index in [1.54, 1.807) is 6.07 Å². The van der Waals surface area contributed by atoms with Crippen LogP contribution in [0.3, 0.4) is 0 Å². The van der Waals surface area contributed by atoms with E-state index < -0.39 is 10.8 Å². The van der Waals surface area contributed by atoms with Crippen LogP contribution in [0.2, 0.25) is 0 Å². The van der Waals surface area contributed by atoms with Crippen LogP contribution in [0.25, 0.3) is 0 Å². The molecule has 4 atom stereocenters. The van der Waals surface area contributed by atoms with Gasteiger partial charge in [-0.15, -0.1) is 0 Å². The van der Waals surface area contributed by atoms with Crippen LogP contribution in [0.15, 0.2) is 18.3 Å². The number of hydrogen-bond acceptors (Lipinski definition) is 3. The monoisotopic (exact) mass is 256 g/mol. The van der Waals surface area contributed by atoms with Crippen LogP contribution >= 0.6 is 0 Å². The van der Waals surface area contributed by atoms with Crippen molar-refractivity contribution in [3.63, 3.8) is 0 Å². The van der Waals surface area contributed by atoms with E-state index in [1.165, 1.54) is 12.3 Å². The van der Waals surface area contributed by atoms with Crippen LogP contribution in [0, 0.1) is 5.82 Å². The standard InChI is InChI=1S/C12H17FN2OS/c1-8-5-6-14-12(9(2)17(8)16)11-4-3-10(13)7-15-11/h3-4,7-9,12,14H,5-6H2,1-2H3. The Kier molecular flexibility index (Phi) is 3.89. The van der Waals surface area contributed by atoms with Crippen LogP contribution in [-0.2, 0) is 10.8 Å². The van der Waals surface area contributed by atoms with Gasteiger partial charge in [-0.2, -0.15) is 0 Å². The first-order valence-electron chi connectivity index (χ1n) is 5.84. The normalized spacial score (nSPS) is 34.3. The van der Waals surface area contributed by atoms with Gasteiger partial charge in [0.25, 0.3) is 0 Å². The molecule has 0 radical (unpaired) electrons. The lowest BCUT2D eigenvalue weighted by atomic mass is 10.1. The van der Waals surface area contributed by atoms with Crippen molar-refractivity contribution in [3.8, 4) is 0 Å². The average molecular weight is 256 g/mol. The highest BCUT2D eigenvalue weighted by Gasteiger charge is 2.30. The van der Waals surface area contributed by atoms with Gasteiger partial charge in [-0.1, -0.05) is 6.92 Å². The molecule has 4 unspecified atom stereocenters. The molecule has 1 saturated heterocycles.